The first-order chi connectivity index (χ1) is 11.3. The number of rotatable bonds is 7. The maximum absolute atomic E-state index is 11.9. The SMILES string of the molecule is CCCO[C@@H](C)C(=O)NCc1cc2n(n1)CCCN(S(C)(=O)=O)C2. The minimum absolute atomic E-state index is 0.176. The van der Waals surface area contributed by atoms with Gasteiger partial charge in [-0.05, 0) is 25.8 Å². The number of amides is 1. The molecule has 9 heteroatoms. The van der Waals surface area contributed by atoms with Crippen LogP contribution in [0.4, 0.5) is 0 Å². The molecule has 0 fully saturated rings. The minimum Gasteiger partial charge on any atom is -0.369 e. The highest BCUT2D eigenvalue weighted by atomic mass is 32.2. The number of aromatic nitrogens is 2. The van der Waals surface area contributed by atoms with Crippen LogP contribution >= 0.6 is 0 Å². The highest BCUT2D eigenvalue weighted by Gasteiger charge is 2.23. The lowest BCUT2D eigenvalue weighted by Gasteiger charge is -2.16. The molecule has 136 valence electrons. The average Bonchev–Trinajstić information content (AvgIpc) is 2.79. The lowest BCUT2D eigenvalue weighted by Crippen LogP contribution is -2.34. The summed E-state index contributed by atoms with van der Waals surface area (Å²) in [4.78, 5) is 11.9. The quantitative estimate of drug-likeness (QED) is 0.765. The molecule has 8 nitrogen and oxygen atoms in total. The molecular weight excluding hydrogens is 332 g/mol. The number of carbonyl (C=O) groups is 1. The third-order valence-electron chi connectivity index (χ3n) is 3.88. The Morgan fingerprint density at radius 2 is 2.21 bits per heavy atom. The van der Waals surface area contributed by atoms with Crippen molar-refractivity contribution in [2.24, 2.45) is 0 Å². The van der Waals surface area contributed by atoms with Crippen LogP contribution in [0.3, 0.4) is 0 Å². The van der Waals surface area contributed by atoms with Gasteiger partial charge in [0, 0.05) is 19.7 Å². The van der Waals surface area contributed by atoms with Gasteiger partial charge in [-0.25, -0.2) is 8.42 Å². The van der Waals surface area contributed by atoms with Crippen LogP contribution in [0.1, 0.15) is 38.1 Å². The monoisotopic (exact) mass is 358 g/mol. The number of nitrogens with one attached hydrogen (secondary N) is 1. The first-order valence-corrected chi connectivity index (χ1v) is 10.1. The Morgan fingerprint density at radius 1 is 1.46 bits per heavy atom. The van der Waals surface area contributed by atoms with Gasteiger partial charge in [-0.2, -0.15) is 9.40 Å². The summed E-state index contributed by atoms with van der Waals surface area (Å²) in [7, 11) is -3.22. The normalized spacial score (nSPS) is 17.1. The maximum atomic E-state index is 11.9. The lowest BCUT2D eigenvalue weighted by molar-refractivity contribution is -0.131. The van der Waals surface area contributed by atoms with Gasteiger partial charge in [-0.1, -0.05) is 6.92 Å². The zero-order valence-corrected chi connectivity index (χ0v) is 15.3. The van der Waals surface area contributed by atoms with Crippen molar-refractivity contribution in [2.45, 2.75) is 52.4 Å². The molecule has 1 aromatic rings. The van der Waals surface area contributed by atoms with E-state index in [0.29, 0.717) is 32.8 Å². The van der Waals surface area contributed by atoms with Crippen molar-refractivity contribution < 1.29 is 17.9 Å². The van der Waals surface area contributed by atoms with Crippen LogP contribution in [0, 0.1) is 0 Å². The summed E-state index contributed by atoms with van der Waals surface area (Å²) < 4.78 is 32.2. The van der Waals surface area contributed by atoms with Crippen LogP contribution < -0.4 is 5.32 Å². The predicted octanol–water partition coefficient (Wildman–Crippen LogP) is 0.480. The second-order valence-corrected chi connectivity index (χ2v) is 8.01. The first kappa shape index (κ1) is 18.9. The van der Waals surface area contributed by atoms with Crippen molar-refractivity contribution in [3.63, 3.8) is 0 Å². The molecule has 1 aliphatic heterocycles. The largest absolute Gasteiger partial charge is 0.369 e. The number of sulfonamides is 1. The molecule has 0 unspecified atom stereocenters. The summed E-state index contributed by atoms with van der Waals surface area (Å²) in [6.07, 6.45) is 2.31. The first-order valence-electron chi connectivity index (χ1n) is 8.21. The van der Waals surface area contributed by atoms with E-state index in [0.717, 1.165) is 24.2 Å². The molecule has 0 saturated heterocycles. The van der Waals surface area contributed by atoms with Crippen LogP contribution in [-0.4, -0.2) is 53.9 Å². The zero-order chi connectivity index (χ0) is 17.7. The zero-order valence-electron chi connectivity index (χ0n) is 14.5. The number of carbonyl (C=O) groups excluding carboxylic acids is 1. The summed E-state index contributed by atoms with van der Waals surface area (Å²) in [5, 5.41) is 7.26. The topological polar surface area (TPSA) is 93.5 Å². The molecule has 0 spiro atoms. The van der Waals surface area contributed by atoms with Gasteiger partial charge in [0.2, 0.25) is 15.9 Å². The highest BCUT2D eigenvalue weighted by molar-refractivity contribution is 7.88. The van der Waals surface area contributed by atoms with Gasteiger partial charge in [0.25, 0.3) is 0 Å². The number of ether oxygens (including phenoxy) is 1. The molecule has 1 aromatic heterocycles. The molecule has 1 N–H and O–H groups in total. The van der Waals surface area contributed by atoms with Crippen LogP contribution in [0.5, 0.6) is 0 Å². The van der Waals surface area contributed by atoms with Gasteiger partial charge < -0.3 is 10.1 Å². The fourth-order valence-corrected chi connectivity index (χ4v) is 3.38. The van der Waals surface area contributed by atoms with Gasteiger partial charge in [-0.15, -0.1) is 0 Å². The van der Waals surface area contributed by atoms with E-state index in [2.05, 4.69) is 10.4 Å². The van der Waals surface area contributed by atoms with E-state index < -0.39 is 16.1 Å². The Bertz CT molecular complexity index is 671. The van der Waals surface area contributed by atoms with Crippen molar-refractivity contribution >= 4 is 15.9 Å². The second-order valence-electron chi connectivity index (χ2n) is 6.03. The van der Waals surface area contributed by atoms with Gasteiger partial charge in [-0.3, -0.25) is 9.48 Å². The minimum atomic E-state index is -3.22. The third-order valence-corrected chi connectivity index (χ3v) is 5.13. The summed E-state index contributed by atoms with van der Waals surface area (Å²) in [6.45, 7) is 6.05. The molecule has 2 rings (SSSR count). The Labute approximate surface area is 143 Å². The van der Waals surface area contributed by atoms with E-state index in [1.807, 2.05) is 17.7 Å². The van der Waals surface area contributed by atoms with Crippen LogP contribution in [0.25, 0.3) is 0 Å². The molecule has 0 aromatic carbocycles. The van der Waals surface area contributed by atoms with Gasteiger partial charge >= 0.3 is 0 Å². The number of aryl methyl sites for hydroxylation is 1. The average molecular weight is 358 g/mol. The number of nitrogens with zero attached hydrogens (tertiary/aromatic N) is 3. The number of hydrogen-bond donors (Lipinski definition) is 1. The van der Waals surface area contributed by atoms with E-state index in [9.17, 15) is 13.2 Å². The molecule has 0 saturated carbocycles. The molecule has 24 heavy (non-hydrogen) atoms. The van der Waals surface area contributed by atoms with Gasteiger partial charge in [0.05, 0.1) is 30.7 Å². The fraction of sp³-hybridized carbons (Fsp3) is 0.733. The summed E-state index contributed by atoms with van der Waals surface area (Å²) >= 11 is 0. The lowest BCUT2D eigenvalue weighted by atomic mass is 10.3. The van der Waals surface area contributed by atoms with E-state index >= 15 is 0 Å². The Kier molecular flexibility index (Phi) is 6.36. The molecule has 0 radical (unpaired) electrons. The molecule has 2 heterocycles. The second kappa shape index (κ2) is 8.09. The molecule has 0 aliphatic carbocycles. The van der Waals surface area contributed by atoms with Crippen LogP contribution in [0.2, 0.25) is 0 Å². The Balaban J connectivity index is 1.96. The number of hydrogen-bond acceptors (Lipinski definition) is 5. The van der Waals surface area contributed by atoms with Crippen molar-refractivity contribution in [1.82, 2.24) is 19.4 Å². The maximum Gasteiger partial charge on any atom is 0.249 e. The van der Waals surface area contributed by atoms with Gasteiger partial charge in [0.15, 0.2) is 0 Å². The van der Waals surface area contributed by atoms with E-state index in [1.165, 1.54) is 10.6 Å². The highest BCUT2D eigenvalue weighted by Crippen LogP contribution is 2.16. The fourth-order valence-electron chi connectivity index (χ4n) is 2.55. The molecular formula is C15H26N4O4S. The summed E-state index contributed by atoms with van der Waals surface area (Å²) in [5.74, 6) is -0.176. The van der Waals surface area contributed by atoms with E-state index in [-0.39, 0.29) is 5.91 Å². The number of fused-ring (bicyclic) bond motifs is 1. The van der Waals surface area contributed by atoms with E-state index in [4.69, 9.17) is 4.74 Å². The van der Waals surface area contributed by atoms with Crippen LogP contribution in [-0.2, 0) is 39.2 Å². The molecule has 0 bridgehead atoms. The standard InChI is InChI=1S/C15H26N4O4S/c1-4-8-23-12(2)15(20)16-10-13-9-14-11-18(24(3,21)22)6-5-7-19(14)17-13/h9,12H,4-8,10-11H2,1-3H3,(H,16,20)/t12-/m0/s1. The summed E-state index contributed by atoms with van der Waals surface area (Å²) in [6, 6.07) is 1.85. The third kappa shape index (κ3) is 5.02. The summed E-state index contributed by atoms with van der Waals surface area (Å²) in [5.41, 5.74) is 1.56. The van der Waals surface area contributed by atoms with Crippen molar-refractivity contribution in [3.8, 4) is 0 Å². The molecule has 1 aliphatic rings. The van der Waals surface area contributed by atoms with E-state index in [1.54, 1.807) is 6.92 Å². The van der Waals surface area contributed by atoms with Crippen molar-refractivity contribution in [1.29, 1.82) is 0 Å². The van der Waals surface area contributed by atoms with Crippen molar-refractivity contribution in [3.05, 3.63) is 17.5 Å². The smallest absolute Gasteiger partial charge is 0.249 e. The molecule has 1 atom stereocenters. The van der Waals surface area contributed by atoms with Crippen molar-refractivity contribution in [2.75, 3.05) is 19.4 Å². The predicted molar refractivity (Wildman–Crippen MR) is 89.6 cm³/mol. The Hall–Kier alpha value is -1.45. The Morgan fingerprint density at radius 3 is 2.88 bits per heavy atom. The molecule has 1 amide bonds. The van der Waals surface area contributed by atoms with Gasteiger partial charge in [0.1, 0.15) is 6.10 Å². The van der Waals surface area contributed by atoms with Crippen LogP contribution in [0.15, 0.2) is 6.07 Å².